The Morgan fingerprint density at radius 3 is 2.48 bits per heavy atom. The molecule has 15 heteroatoms. The van der Waals surface area contributed by atoms with E-state index in [1.807, 2.05) is 0 Å². The molecule has 6 unspecified atom stereocenters. The van der Waals surface area contributed by atoms with Crippen LogP contribution in [-0.2, 0) is 30.5 Å². The molecule has 3 saturated carbocycles. The molecular formula is C29H35F6NO7S. The largest absolute Gasteiger partial charge is 0.491 e. The average molecular weight is 656 g/mol. The van der Waals surface area contributed by atoms with E-state index in [0.717, 1.165) is 28.7 Å². The molecule has 1 aromatic rings. The highest BCUT2D eigenvalue weighted by molar-refractivity contribution is 7.89. The topological polar surface area (TPSA) is 113 Å². The molecule has 3 fully saturated rings. The van der Waals surface area contributed by atoms with Crippen molar-refractivity contribution in [3.63, 3.8) is 0 Å². The van der Waals surface area contributed by atoms with E-state index in [1.165, 1.54) is 6.92 Å². The van der Waals surface area contributed by atoms with Crippen molar-refractivity contribution in [3.05, 3.63) is 41.8 Å². The predicted molar refractivity (Wildman–Crippen MR) is 142 cm³/mol. The first kappa shape index (κ1) is 32.9. The molecule has 0 amide bonds. The maximum Gasteiger partial charge on any atom is 0.416 e. The summed E-state index contributed by atoms with van der Waals surface area (Å²) in [6.45, 7) is -1.58. The lowest BCUT2D eigenvalue weighted by atomic mass is 9.64. The van der Waals surface area contributed by atoms with Gasteiger partial charge in [0.15, 0.2) is 0 Å². The summed E-state index contributed by atoms with van der Waals surface area (Å²) in [5, 5.41) is 19.7. The molecule has 246 valence electrons. The van der Waals surface area contributed by atoms with E-state index in [1.54, 1.807) is 0 Å². The number of ether oxygens (including phenoxy) is 2. The summed E-state index contributed by atoms with van der Waals surface area (Å²) in [4.78, 5) is 11.5. The minimum absolute atomic E-state index is 0.00950. The van der Waals surface area contributed by atoms with Crippen molar-refractivity contribution >= 4 is 16.0 Å². The molecular weight excluding hydrogens is 620 g/mol. The molecule has 1 heterocycles. The zero-order chi connectivity index (χ0) is 32.2. The molecule has 0 spiro atoms. The Hall–Kier alpha value is -2.52. The predicted octanol–water partition coefficient (Wildman–Crippen LogP) is 5.71. The number of sulfonamides is 1. The second-order valence-corrected chi connectivity index (χ2v) is 14.5. The lowest BCUT2D eigenvalue weighted by molar-refractivity contribution is -0.196. The van der Waals surface area contributed by atoms with Crippen molar-refractivity contribution in [2.45, 2.75) is 106 Å². The zero-order valence-corrected chi connectivity index (χ0v) is 24.6. The van der Waals surface area contributed by atoms with Gasteiger partial charge >= 0.3 is 18.8 Å². The van der Waals surface area contributed by atoms with E-state index >= 15 is 0 Å². The van der Waals surface area contributed by atoms with Gasteiger partial charge in [0.1, 0.15) is 18.0 Å². The maximum absolute atomic E-state index is 15.0. The number of hydrogen-bond donors (Lipinski definition) is 2. The summed E-state index contributed by atoms with van der Waals surface area (Å²) >= 11 is 0. The summed E-state index contributed by atoms with van der Waals surface area (Å²) in [5.74, 6) is -2.69. The Morgan fingerprint density at radius 1 is 1.16 bits per heavy atom. The van der Waals surface area contributed by atoms with Gasteiger partial charge < -0.3 is 19.7 Å². The van der Waals surface area contributed by atoms with Crippen LogP contribution < -0.4 is 0 Å². The van der Waals surface area contributed by atoms with E-state index < -0.39 is 87.0 Å². The van der Waals surface area contributed by atoms with E-state index in [9.17, 15) is 49.8 Å². The van der Waals surface area contributed by atoms with Gasteiger partial charge in [0, 0.05) is 12.3 Å². The van der Waals surface area contributed by atoms with E-state index in [2.05, 4.69) is 0 Å². The Bertz CT molecular complexity index is 1370. The first-order valence-electron chi connectivity index (χ1n) is 14.6. The third kappa shape index (κ3) is 6.41. The second kappa shape index (κ2) is 12.0. The molecule has 4 aliphatic rings. The van der Waals surface area contributed by atoms with Crippen molar-refractivity contribution in [1.29, 1.82) is 0 Å². The number of carboxylic acid groups (broad SMARTS) is 1. The summed E-state index contributed by atoms with van der Waals surface area (Å²) < 4.78 is 121. The van der Waals surface area contributed by atoms with Gasteiger partial charge in [-0.1, -0.05) is 13.0 Å². The number of aliphatic hydroxyl groups excluding tert-OH is 1. The monoisotopic (exact) mass is 655 g/mol. The van der Waals surface area contributed by atoms with Crippen LogP contribution in [0.2, 0.25) is 0 Å². The van der Waals surface area contributed by atoms with Crippen molar-refractivity contribution in [3.8, 4) is 0 Å². The summed E-state index contributed by atoms with van der Waals surface area (Å²) in [5.41, 5.74) is -2.56. The number of aliphatic hydroxyl groups is 1. The Balaban J connectivity index is 1.48. The van der Waals surface area contributed by atoms with Crippen molar-refractivity contribution < 1.29 is 59.2 Å². The zero-order valence-electron chi connectivity index (χ0n) is 23.8. The third-order valence-corrected chi connectivity index (χ3v) is 11.6. The molecule has 5 rings (SSSR count). The molecule has 44 heavy (non-hydrogen) atoms. The number of alkyl halides is 6. The van der Waals surface area contributed by atoms with Gasteiger partial charge in [0.2, 0.25) is 0 Å². The van der Waals surface area contributed by atoms with Gasteiger partial charge in [-0.05, 0) is 75.0 Å². The van der Waals surface area contributed by atoms with Gasteiger partial charge in [-0.3, -0.25) is 9.10 Å². The number of nitrogens with zero attached hydrogens (tertiary/aromatic N) is 1. The number of rotatable bonds is 8. The van der Waals surface area contributed by atoms with E-state index in [-0.39, 0.29) is 56.6 Å². The van der Waals surface area contributed by atoms with Gasteiger partial charge in [0.05, 0.1) is 40.3 Å². The molecule has 1 aromatic carbocycles. The fourth-order valence-electron chi connectivity index (χ4n) is 7.35. The van der Waals surface area contributed by atoms with Crippen LogP contribution in [0.3, 0.4) is 0 Å². The van der Waals surface area contributed by atoms with Crippen LogP contribution >= 0.6 is 0 Å². The smallest absolute Gasteiger partial charge is 0.416 e. The van der Waals surface area contributed by atoms with Gasteiger partial charge in [0.25, 0.3) is 10.0 Å². The molecule has 0 bridgehead atoms. The fraction of sp³-hybridized carbons (Fsp3) is 0.690. The standard InChI is InChI=1S/C29H35F6NO7S/c1-15-22(30)7-17(9-25(15)43-27(31)32)16-5-6-24-23(8-16)36(14-20(42-24)13-28(26(38)39)11-19(37)12-28)44(40,41)21-4-2-3-18(10-21)29(33,34)35/h2-4,10,14-17,19,22-25,27,37H,5-9,11-13H2,1H3,(H,38,39)/t15?,16?,17?,19?,22?,23?,24-,25?,28?/m0/s1. The van der Waals surface area contributed by atoms with Gasteiger partial charge in [-0.25, -0.2) is 12.8 Å². The maximum atomic E-state index is 15.0. The minimum Gasteiger partial charge on any atom is -0.491 e. The Kier molecular flexibility index (Phi) is 8.97. The molecule has 7 atom stereocenters. The van der Waals surface area contributed by atoms with Crippen LogP contribution in [0.15, 0.2) is 41.1 Å². The number of halogens is 6. The highest BCUT2D eigenvalue weighted by Gasteiger charge is 2.53. The fourth-order valence-corrected chi connectivity index (χ4v) is 8.95. The van der Waals surface area contributed by atoms with Crippen molar-refractivity contribution in [1.82, 2.24) is 4.31 Å². The van der Waals surface area contributed by atoms with Crippen LogP contribution in [0.5, 0.6) is 0 Å². The average Bonchev–Trinajstić information content (AvgIpc) is 2.93. The van der Waals surface area contributed by atoms with Crippen LogP contribution in [0.25, 0.3) is 0 Å². The number of allylic oxidation sites excluding steroid dienone is 1. The minimum atomic E-state index is -4.81. The van der Waals surface area contributed by atoms with Gasteiger partial charge in [-0.15, -0.1) is 0 Å². The van der Waals surface area contributed by atoms with Crippen LogP contribution in [0.1, 0.15) is 63.9 Å². The van der Waals surface area contributed by atoms with Crippen LogP contribution in [0.4, 0.5) is 26.3 Å². The Morgan fingerprint density at radius 2 is 1.86 bits per heavy atom. The van der Waals surface area contributed by atoms with Crippen molar-refractivity contribution in [2.24, 2.45) is 23.2 Å². The number of carboxylic acids is 1. The molecule has 0 saturated heterocycles. The van der Waals surface area contributed by atoms with E-state index in [0.29, 0.717) is 12.5 Å². The van der Waals surface area contributed by atoms with Crippen LogP contribution in [-0.4, -0.2) is 66.0 Å². The molecule has 8 nitrogen and oxygen atoms in total. The summed E-state index contributed by atoms with van der Waals surface area (Å²) in [6, 6.07) is 2.35. The first-order chi connectivity index (χ1) is 20.5. The number of hydrogen-bond acceptors (Lipinski definition) is 6. The molecule has 2 N–H and O–H groups in total. The normalized spacial score (nSPS) is 36.2. The first-order valence-corrected chi connectivity index (χ1v) is 16.0. The summed E-state index contributed by atoms with van der Waals surface area (Å²) in [7, 11) is -4.64. The lowest BCUT2D eigenvalue weighted by Gasteiger charge is -2.49. The molecule has 0 radical (unpaired) electrons. The highest BCUT2D eigenvalue weighted by Crippen LogP contribution is 2.50. The lowest BCUT2D eigenvalue weighted by Crippen LogP contribution is -2.54. The molecule has 0 aromatic heterocycles. The highest BCUT2D eigenvalue weighted by atomic mass is 32.2. The summed E-state index contributed by atoms with van der Waals surface area (Å²) in [6.07, 6.45) is -7.18. The number of fused-ring (bicyclic) bond motifs is 1. The van der Waals surface area contributed by atoms with Crippen LogP contribution in [0, 0.1) is 23.2 Å². The second-order valence-electron chi connectivity index (χ2n) is 12.6. The van der Waals surface area contributed by atoms with Crippen molar-refractivity contribution in [2.75, 3.05) is 0 Å². The molecule has 1 aliphatic heterocycles. The quantitative estimate of drug-likeness (QED) is 0.345. The van der Waals surface area contributed by atoms with Gasteiger partial charge in [-0.2, -0.15) is 22.0 Å². The molecule has 3 aliphatic carbocycles. The third-order valence-electron chi connectivity index (χ3n) is 9.82. The van der Waals surface area contributed by atoms with E-state index in [4.69, 9.17) is 9.47 Å². The number of benzene rings is 1. The Labute approximate surface area is 251 Å². The number of aliphatic carboxylic acids is 1. The SMILES string of the molecule is CC1C(F)CC(C2CC[C@@H]3OC(CC4(C(=O)O)CC(O)C4)=CN(S(=O)(=O)c4cccc(C(F)(F)F)c4)C3C2)CC1OC(F)F. The number of carbonyl (C=O) groups is 1.